The SMILES string of the molecule is CC(O)c1cc(Cl)c2c(c1)OCCCO2. The lowest BCUT2D eigenvalue weighted by Crippen LogP contribution is -1.97. The predicted molar refractivity (Wildman–Crippen MR) is 57.7 cm³/mol. The van der Waals surface area contributed by atoms with Gasteiger partial charge in [0.05, 0.1) is 24.3 Å². The van der Waals surface area contributed by atoms with E-state index < -0.39 is 6.10 Å². The van der Waals surface area contributed by atoms with E-state index in [2.05, 4.69) is 0 Å². The molecule has 3 nitrogen and oxygen atoms in total. The van der Waals surface area contributed by atoms with Crippen LogP contribution < -0.4 is 9.47 Å². The van der Waals surface area contributed by atoms with Crippen molar-refractivity contribution in [1.82, 2.24) is 0 Å². The molecule has 1 heterocycles. The van der Waals surface area contributed by atoms with Gasteiger partial charge in [-0.2, -0.15) is 0 Å². The molecule has 1 N–H and O–H groups in total. The summed E-state index contributed by atoms with van der Waals surface area (Å²) in [5.41, 5.74) is 0.740. The number of halogens is 1. The average Bonchev–Trinajstić information content (AvgIpc) is 2.42. The van der Waals surface area contributed by atoms with Crippen molar-refractivity contribution >= 4 is 11.6 Å². The average molecular weight is 229 g/mol. The Balaban J connectivity index is 2.44. The lowest BCUT2D eigenvalue weighted by Gasteiger charge is -2.12. The zero-order valence-corrected chi connectivity index (χ0v) is 9.25. The maximum absolute atomic E-state index is 9.47. The molecule has 0 aromatic heterocycles. The van der Waals surface area contributed by atoms with Crippen molar-refractivity contribution in [2.24, 2.45) is 0 Å². The van der Waals surface area contributed by atoms with E-state index in [0.717, 1.165) is 12.0 Å². The van der Waals surface area contributed by atoms with Crippen LogP contribution in [0.15, 0.2) is 12.1 Å². The lowest BCUT2D eigenvalue weighted by molar-refractivity contribution is 0.198. The van der Waals surface area contributed by atoms with Gasteiger partial charge in [0.15, 0.2) is 11.5 Å². The van der Waals surface area contributed by atoms with Crippen molar-refractivity contribution in [2.75, 3.05) is 13.2 Å². The minimum atomic E-state index is -0.556. The maximum atomic E-state index is 9.47. The molecule has 1 atom stereocenters. The summed E-state index contributed by atoms with van der Waals surface area (Å²) in [6.07, 6.45) is 0.286. The Morgan fingerprint density at radius 2 is 2.07 bits per heavy atom. The number of fused-ring (bicyclic) bond motifs is 1. The van der Waals surface area contributed by atoms with Crippen molar-refractivity contribution in [3.63, 3.8) is 0 Å². The Morgan fingerprint density at radius 3 is 2.80 bits per heavy atom. The van der Waals surface area contributed by atoms with Crippen LogP contribution in [0.25, 0.3) is 0 Å². The van der Waals surface area contributed by atoms with Crippen LogP contribution in [0.5, 0.6) is 11.5 Å². The third-order valence-corrected chi connectivity index (χ3v) is 2.59. The Hall–Kier alpha value is -0.930. The van der Waals surface area contributed by atoms with Gasteiger partial charge in [0.25, 0.3) is 0 Å². The number of hydrogen-bond donors (Lipinski definition) is 1. The van der Waals surface area contributed by atoms with Crippen molar-refractivity contribution in [2.45, 2.75) is 19.4 Å². The van der Waals surface area contributed by atoms with Crippen LogP contribution in [-0.4, -0.2) is 18.3 Å². The highest BCUT2D eigenvalue weighted by atomic mass is 35.5. The molecule has 0 amide bonds. The minimum Gasteiger partial charge on any atom is -0.489 e. The molecule has 1 aromatic carbocycles. The molecule has 2 rings (SSSR count). The zero-order valence-electron chi connectivity index (χ0n) is 8.50. The smallest absolute Gasteiger partial charge is 0.179 e. The fourth-order valence-corrected chi connectivity index (χ4v) is 1.77. The van der Waals surface area contributed by atoms with E-state index in [0.29, 0.717) is 29.7 Å². The molecule has 1 aliphatic heterocycles. The normalized spacial score (nSPS) is 17.0. The van der Waals surface area contributed by atoms with Crippen LogP contribution in [0.3, 0.4) is 0 Å². The molecule has 0 spiro atoms. The minimum absolute atomic E-state index is 0.491. The van der Waals surface area contributed by atoms with Crippen LogP contribution in [0.1, 0.15) is 25.0 Å². The van der Waals surface area contributed by atoms with E-state index in [1.807, 2.05) is 0 Å². The highest BCUT2D eigenvalue weighted by Crippen LogP contribution is 2.39. The Morgan fingerprint density at radius 1 is 1.33 bits per heavy atom. The van der Waals surface area contributed by atoms with Crippen molar-refractivity contribution in [3.8, 4) is 11.5 Å². The quantitative estimate of drug-likeness (QED) is 0.803. The van der Waals surface area contributed by atoms with Gasteiger partial charge >= 0.3 is 0 Å². The summed E-state index contributed by atoms with van der Waals surface area (Å²) in [5, 5.41) is 9.96. The van der Waals surface area contributed by atoms with Crippen molar-refractivity contribution < 1.29 is 14.6 Å². The first-order valence-corrected chi connectivity index (χ1v) is 5.33. The second-order valence-corrected chi connectivity index (χ2v) is 3.96. The van der Waals surface area contributed by atoms with E-state index in [9.17, 15) is 5.11 Å². The Bertz CT molecular complexity index is 363. The summed E-state index contributed by atoms with van der Waals surface area (Å²) in [6.45, 7) is 2.92. The van der Waals surface area contributed by atoms with E-state index >= 15 is 0 Å². The largest absolute Gasteiger partial charge is 0.489 e. The third kappa shape index (κ3) is 2.19. The first-order chi connectivity index (χ1) is 7.18. The maximum Gasteiger partial charge on any atom is 0.179 e. The topological polar surface area (TPSA) is 38.7 Å². The first kappa shape index (κ1) is 10.6. The number of aliphatic hydroxyl groups excluding tert-OH is 1. The first-order valence-electron chi connectivity index (χ1n) is 4.95. The summed E-state index contributed by atoms with van der Waals surface area (Å²) in [4.78, 5) is 0. The summed E-state index contributed by atoms with van der Waals surface area (Å²) in [5.74, 6) is 1.20. The Labute approximate surface area is 93.6 Å². The molecule has 0 saturated carbocycles. The van der Waals surface area contributed by atoms with Crippen molar-refractivity contribution in [1.29, 1.82) is 0 Å². The molecule has 0 fully saturated rings. The summed E-state index contributed by atoms with van der Waals surface area (Å²) in [6, 6.07) is 3.48. The van der Waals surface area contributed by atoms with Gasteiger partial charge in [-0.25, -0.2) is 0 Å². The van der Waals surface area contributed by atoms with Crippen LogP contribution in [0.2, 0.25) is 5.02 Å². The molecule has 82 valence electrons. The van der Waals surface area contributed by atoms with Crippen LogP contribution >= 0.6 is 11.6 Å². The van der Waals surface area contributed by atoms with Gasteiger partial charge in [-0.05, 0) is 24.6 Å². The van der Waals surface area contributed by atoms with Gasteiger partial charge in [0, 0.05) is 6.42 Å². The molecule has 0 aliphatic carbocycles. The number of hydrogen-bond acceptors (Lipinski definition) is 3. The highest BCUT2D eigenvalue weighted by molar-refractivity contribution is 6.32. The van der Waals surface area contributed by atoms with Gasteiger partial charge in [-0.3, -0.25) is 0 Å². The molecule has 1 aliphatic rings. The van der Waals surface area contributed by atoms with Gasteiger partial charge in [0.1, 0.15) is 0 Å². The molecule has 1 aromatic rings. The second-order valence-electron chi connectivity index (χ2n) is 3.56. The second kappa shape index (κ2) is 4.29. The van der Waals surface area contributed by atoms with Crippen LogP contribution in [0, 0.1) is 0 Å². The lowest BCUT2D eigenvalue weighted by atomic mass is 10.1. The van der Waals surface area contributed by atoms with Gasteiger partial charge < -0.3 is 14.6 Å². The van der Waals surface area contributed by atoms with Gasteiger partial charge in [-0.1, -0.05) is 11.6 Å². The van der Waals surface area contributed by atoms with E-state index in [1.54, 1.807) is 19.1 Å². The molecule has 0 radical (unpaired) electrons. The number of aliphatic hydroxyl groups is 1. The van der Waals surface area contributed by atoms with Gasteiger partial charge in [-0.15, -0.1) is 0 Å². The standard InChI is InChI=1S/C11H13ClO3/c1-7(13)8-5-9(12)11-10(6-8)14-3-2-4-15-11/h5-7,13H,2-4H2,1H3. The number of rotatable bonds is 1. The summed E-state index contributed by atoms with van der Waals surface area (Å²) in [7, 11) is 0. The number of benzene rings is 1. The van der Waals surface area contributed by atoms with Crippen molar-refractivity contribution in [3.05, 3.63) is 22.7 Å². The predicted octanol–water partition coefficient (Wildman–Crippen LogP) is 2.55. The van der Waals surface area contributed by atoms with Crippen LogP contribution in [0.4, 0.5) is 0 Å². The molecule has 0 saturated heterocycles. The fourth-order valence-electron chi connectivity index (χ4n) is 1.49. The fraction of sp³-hybridized carbons (Fsp3) is 0.455. The summed E-state index contributed by atoms with van der Waals surface area (Å²) < 4.78 is 11.0. The molecular weight excluding hydrogens is 216 g/mol. The Kier molecular flexibility index (Phi) is 3.03. The third-order valence-electron chi connectivity index (χ3n) is 2.31. The number of ether oxygens (including phenoxy) is 2. The van der Waals surface area contributed by atoms with E-state index in [4.69, 9.17) is 21.1 Å². The van der Waals surface area contributed by atoms with E-state index in [1.165, 1.54) is 0 Å². The molecule has 15 heavy (non-hydrogen) atoms. The molecule has 0 bridgehead atoms. The molecule has 4 heteroatoms. The van der Waals surface area contributed by atoms with Gasteiger partial charge in [0.2, 0.25) is 0 Å². The molecular formula is C11H13ClO3. The summed E-state index contributed by atoms with van der Waals surface area (Å²) >= 11 is 6.05. The highest BCUT2D eigenvalue weighted by Gasteiger charge is 2.16. The molecule has 1 unspecified atom stereocenters. The van der Waals surface area contributed by atoms with E-state index in [-0.39, 0.29) is 0 Å². The monoisotopic (exact) mass is 228 g/mol. The zero-order chi connectivity index (χ0) is 10.8. The van der Waals surface area contributed by atoms with Crippen LogP contribution in [-0.2, 0) is 0 Å².